The summed E-state index contributed by atoms with van der Waals surface area (Å²) in [4.78, 5) is 2.65. The zero-order valence-corrected chi connectivity index (χ0v) is 12.0. The molecule has 2 heteroatoms. The summed E-state index contributed by atoms with van der Waals surface area (Å²) < 4.78 is 0. The van der Waals surface area contributed by atoms with Gasteiger partial charge in [-0.3, -0.25) is 4.90 Å². The van der Waals surface area contributed by atoms with E-state index in [-0.39, 0.29) is 0 Å². The molecule has 0 spiro atoms. The van der Waals surface area contributed by atoms with Crippen LogP contribution in [-0.2, 0) is 6.54 Å². The van der Waals surface area contributed by atoms with Crippen molar-refractivity contribution < 1.29 is 0 Å². The molecule has 0 saturated carbocycles. The van der Waals surface area contributed by atoms with Gasteiger partial charge in [0.15, 0.2) is 0 Å². The van der Waals surface area contributed by atoms with E-state index >= 15 is 0 Å². The molecule has 1 aromatic carbocycles. The highest BCUT2D eigenvalue weighted by Crippen LogP contribution is 2.21. The fourth-order valence-electron chi connectivity index (χ4n) is 2.98. The molecule has 1 atom stereocenters. The minimum atomic E-state index is 0.712. The molecule has 2 nitrogen and oxygen atoms in total. The summed E-state index contributed by atoms with van der Waals surface area (Å²) in [6, 6.07) is 7.55. The average Bonchev–Trinajstić information content (AvgIpc) is 2.35. The smallest absolute Gasteiger partial charge is 0.0239 e. The van der Waals surface area contributed by atoms with Crippen molar-refractivity contribution in [3.63, 3.8) is 0 Å². The number of rotatable bonds is 4. The second kappa shape index (κ2) is 6.35. The van der Waals surface area contributed by atoms with E-state index < -0.39 is 0 Å². The molecule has 1 saturated heterocycles. The molecule has 1 aromatic rings. The number of benzene rings is 1. The minimum absolute atomic E-state index is 0.712. The van der Waals surface area contributed by atoms with Crippen LogP contribution >= 0.6 is 0 Å². The molecule has 0 amide bonds. The maximum absolute atomic E-state index is 3.34. The van der Waals surface area contributed by atoms with Gasteiger partial charge >= 0.3 is 0 Å². The average molecular weight is 246 g/mol. The Labute approximate surface area is 111 Å². The summed E-state index contributed by atoms with van der Waals surface area (Å²) >= 11 is 0. The van der Waals surface area contributed by atoms with E-state index in [1.54, 1.807) is 0 Å². The van der Waals surface area contributed by atoms with E-state index in [0.29, 0.717) is 6.04 Å². The highest BCUT2D eigenvalue weighted by atomic mass is 15.2. The number of hydrogen-bond donors (Lipinski definition) is 1. The Bertz CT molecular complexity index is 385. The van der Waals surface area contributed by atoms with Gasteiger partial charge in [0.05, 0.1) is 0 Å². The summed E-state index contributed by atoms with van der Waals surface area (Å²) in [5.41, 5.74) is 4.29. The van der Waals surface area contributed by atoms with Crippen molar-refractivity contribution in [2.75, 3.05) is 20.1 Å². The van der Waals surface area contributed by atoms with E-state index in [1.807, 2.05) is 0 Å². The van der Waals surface area contributed by atoms with Crippen molar-refractivity contribution in [1.29, 1.82) is 0 Å². The lowest BCUT2D eigenvalue weighted by atomic mass is 9.99. The summed E-state index contributed by atoms with van der Waals surface area (Å²) in [6.07, 6.45) is 4.08. The van der Waals surface area contributed by atoms with E-state index in [0.717, 1.165) is 13.1 Å². The topological polar surface area (TPSA) is 15.3 Å². The molecule has 1 N–H and O–H groups in total. The molecule has 1 aliphatic rings. The first-order valence-electron chi connectivity index (χ1n) is 7.15. The van der Waals surface area contributed by atoms with Gasteiger partial charge in [-0.2, -0.15) is 0 Å². The Kier molecular flexibility index (Phi) is 4.79. The van der Waals surface area contributed by atoms with Gasteiger partial charge in [-0.15, -0.1) is 0 Å². The minimum Gasteiger partial charge on any atom is -0.318 e. The fourth-order valence-corrected chi connectivity index (χ4v) is 2.98. The molecule has 1 aliphatic heterocycles. The summed E-state index contributed by atoms with van der Waals surface area (Å²) in [5, 5.41) is 3.34. The van der Waals surface area contributed by atoms with Crippen molar-refractivity contribution in [3.8, 4) is 0 Å². The molecule has 0 aromatic heterocycles. The predicted molar refractivity (Wildman–Crippen MR) is 77.9 cm³/mol. The Morgan fingerprint density at radius 3 is 2.83 bits per heavy atom. The Balaban J connectivity index is 2.06. The first-order valence-corrected chi connectivity index (χ1v) is 7.15. The molecule has 0 radical (unpaired) electrons. The maximum atomic E-state index is 3.34. The Morgan fingerprint density at radius 1 is 1.28 bits per heavy atom. The van der Waals surface area contributed by atoms with Crippen molar-refractivity contribution in [2.45, 2.75) is 45.7 Å². The number of aryl methyl sites for hydroxylation is 2. The molecule has 18 heavy (non-hydrogen) atoms. The second-order valence-corrected chi connectivity index (χ2v) is 5.61. The van der Waals surface area contributed by atoms with Crippen LogP contribution in [0.1, 0.15) is 36.0 Å². The second-order valence-electron chi connectivity index (χ2n) is 5.61. The van der Waals surface area contributed by atoms with E-state index in [1.165, 1.54) is 42.5 Å². The number of hydrogen-bond acceptors (Lipinski definition) is 2. The van der Waals surface area contributed by atoms with Crippen molar-refractivity contribution in [1.82, 2.24) is 10.2 Å². The molecule has 0 bridgehead atoms. The summed E-state index contributed by atoms with van der Waals surface area (Å²) in [6.45, 7) is 7.88. The SMILES string of the molecule is CNCC1CCCCN1Cc1ccc(C)cc1C. The lowest BCUT2D eigenvalue weighted by Gasteiger charge is -2.36. The van der Waals surface area contributed by atoms with Crippen molar-refractivity contribution in [3.05, 3.63) is 34.9 Å². The van der Waals surface area contributed by atoms with Crippen LogP contribution in [0.4, 0.5) is 0 Å². The standard InChI is InChI=1S/C16H26N2/c1-13-7-8-15(14(2)10-13)12-18-9-5-4-6-16(18)11-17-3/h7-8,10,16-17H,4-6,9,11-12H2,1-3H3. The number of nitrogens with one attached hydrogen (secondary N) is 1. The first kappa shape index (κ1) is 13.6. The van der Waals surface area contributed by atoms with Crippen LogP contribution in [0.25, 0.3) is 0 Å². The highest BCUT2D eigenvalue weighted by molar-refractivity contribution is 5.30. The van der Waals surface area contributed by atoms with Gasteiger partial charge in [0.25, 0.3) is 0 Å². The zero-order valence-electron chi connectivity index (χ0n) is 12.0. The van der Waals surface area contributed by atoms with Crippen LogP contribution in [0.5, 0.6) is 0 Å². The molecular formula is C16H26N2. The van der Waals surface area contributed by atoms with Gasteiger partial charge in [-0.25, -0.2) is 0 Å². The van der Waals surface area contributed by atoms with Crippen molar-refractivity contribution in [2.24, 2.45) is 0 Å². The monoisotopic (exact) mass is 246 g/mol. The van der Waals surface area contributed by atoms with Gasteiger partial charge in [-0.05, 0) is 51.4 Å². The number of likely N-dealkylation sites (tertiary alicyclic amines) is 1. The van der Waals surface area contributed by atoms with Crippen LogP contribution in [0.3, 0.4) is 0 Å². The van der Waals surface area contributed by atoms with Crippen molar-refractivity contribution >= 4 is 0 Å². The van der Waals surface area contributed by atoms with Gasteiger partial charge in [0, 0.05) is 19.1 Å². The van der Waals surface area contributed by atoms with Gasteiger partial charge in [0.2, 0.25) is 0 Å². The Hall–Kier alpha value is -0.860. The molecule has 2 rings (SSSR count). The van der Waals surface area contributed by atoms with Gasteiger partial charge in [-0.1, -0.05) is 30.2 Å². The van der Waals surface area contributed by atoms with Gasteiger partial charge in [0.1, 0.15) is 0 Å². The Morgan fingerprint density at radius 2 is 2.11 bits per heavy atom. The number of nitrogens with zero attached hydrogens (tertiary/aromatic N) is 1. The quantitative estimate of drug-likeness (QED) is 0.879. The molecule has 1 unspecified atom stereocenters. The summed E-state index contributed by atoms with van der Waals surface area (Å²) in [7, 11) is 2.06. The van der Waals surface area contributed by atoms with Crippen LogP contribution in [0.15, 0.2) is 18.2 Å². The van der Waals surface area contributed by atoms with E-state index in [9.17, 15) is 0 Å². The predicted octanol–water partition coefficient (Wildman–Crippen LogP) is 2.88. The zero-order chi connectivity index (χ0) is 13.0. The lowest BCUT2D eigenvalue weighted by Crippen LogP contribution is -2.44. The molecular weight excluding hydrogens is 220 g/mol. The number of piperidine rings is 1. The third-order valence-electron chi connectivity index (χ3n) is 4.06. The fraction of sp³-hybridized carbons (Fsp3) is 0.625. The molecule has 100 valence electrons. The highest BCUT2D eigenvalue weighted by Gasteiger charge is 2.21. The third-order valence-corrected chi connectivity index (χ3v) is 4.06. The third kappa shape index (κ3) is 3.33. The van der Waals surface area contributed by atoms with Crippen LogP contribution in [-0.4, -0.2) is 31.1 Å². The van der Waals surface area contributed by atoms with Crippen LogP contribution < -0.4 is 5.32 Å². The largest absolute Gasteiger partial charge is 0.318 e. The van der Waals surface area contributed by atoms with Gasteiger partial charge < -0.3 is 5.32 Å². The van der Waals surface area contributed by atoms with E-state index in [4.69, 9.17) is 0 Å². The molecule has 1 fully saturated rings. The van der Waals surface area contributed by atoms with Crippen LogP contribution in [0, 0.1) is 13.8 Å². The summed E-state index contributed by atoms with van der Waals surface area (Å²) in [5.74, 6) is 0. The molecule has 0 aliphatic carbocycles. The number of likely N-dealkylation sites (N-methyl/N-ethyl adjacent to an activating group) is 1. The molecule has 1 heterocycles. The lowest BCUT2D eigenvalue weighted by molar-refractivity contribution is 0.139. The first-order chi connectivity index (χ1) is 8.70. The maximum Gasteiger partial charge on any atom is 0.0239 e. The van der Waals surface area contributed by atoms with Crippen LogP contribution in [0.2, 0.25) is 0 Å². The normalized spacial score (nSPS) is 21.2. The van der Waals surface area contributed by atoms with E-state index in [2.05, 4.69) is 49.3 Å².